The van der Waals surface area contributed by atoms with E-state index in [0.717, 1.165) is 5.56 Å². The molecule has 0 bridgehead atoms. The fourth-order valence-electron chi connectivity index (χ4n) is 1.54. The second kappa shape index (κ2) is 7.52. The predicted octanol–water partition coefficient (Wildman–Crippen LogP) is -0.0389. The maximum absolute atomic E-state index is 12.0. The molecule has 0 N–H and O–H groups in total. The van der Waals surface area contributed by atoms with E-state index >= 15 is 0 Å². The van der Waals surface area contributed by atoms with Gasteiger partial charge in [-0.25, -0.2) is 0 Å². The van der Waals surface area contributed by atoms with Crippen LogP contribution in [0.2, 0.25) is 0 Å². The minimum absolute atomic E-state index is 0. The Bertz CT molecular complexity index is 511. The monoisotopic (exact) mass is 303 g/mol. The molecule has 2 rings (SSSR count). The zero-order valence-corrected chi connectivity index (χ0v) is 12.6. The van der Waals surface area contributed by atoms with E-state index < -0.39 is 0 Å². The van der Waals surface area contributed by atoms with Crippen LogP contribution in [0.1, 0.15) is 20.9 Å². The summed E-state index contributed by atoms with van der Waals surface area (Å²) >= 11 is 1.68. The number of hydrogen-bond acceptors (Lipinski definition) is 2. The molecule has 0 atom stereocenters. The fourth-order valence-corrected chi connectivity index (χ4v) is 2.34. The van der Waals surface area contributed by atoms with Gasteiger partial charge in [0.05, 0.1) is 4.88 Å². The lowest BCUT2D eigenvalue weighted by atomic mass is 10.1. The standard InChI is InChI=1S/C13H14NOS.2ClH/c1-10-11(2)16-9-14(10)8-13(15)12-6-4-3-5-7-12;;/h3-7,9H,8H2,1-2H3;2*1H/q+1;;/p-1. The molecule has 0 aliphatic carbocycles. The average Bonchev–Trinajstić information content (AvgIpc) is 2.62. The zero-order chi connectivity index (χ0) is 11.5. The summed E-state index contributed by atoms with van der Waals surface area (Å²) in [5, 5.41) is 0. The highest BCUT2D eigenvalue weighted by Gasteiger charge is 2.16. The Balaban J connectivity index is 0.00000144. The van der Waals surface area contributed by atoms with Gasteiger partial charge >= 0.3 is 0 Å². The molecule has 2 nitrogen and oxygen atoms in total. The molecule has 98 valence electrons. The van der Waals surface area contributed by atoms with Crippen LogP contribution >= 0.6 is 23.7 Å². The molecule has 1 heterocycles. The van der Waals surface area contributed by atoms with E-state index in [4.69, 9.17) is 0 Å². The van der Waals surface area contributed by atoms with E-state index in [1.54, 1.807) is 11.3 Å². The first-order valence-corrected chi connectivity index (χ1v) is 6.09. The topological polar surface area (TPSA) is 20.9 Å². The van der Waals surface area contributed by atoms with Crippen molar-refractivity contribution < 1.29 is 21.8 Å². The molecule has 2 aromatic rings. The van der Waals surface area contributed by atoms with Gasteiger partial charge < -0.3 is 12.4 Å². The summed E-state index contributed by atoms with van der Waals surface area (Å²) in [6.45, 7) is 4.55. The largest absolute Gasteiger partial charge is 1.00 e. The number of carbonyl (C=O) groups excluding carboxylic acids is 1. The second-order valence-electron chi connectivity index (χ2n) is 3.78. The highest BCUT2D eigenvalue weighted by molar-refractivity contribution is 7.09. The van der Waals surface area contributed by atoms with Crippen LogP contribution in [0, 0.1) is 13.8 Å². The van der Waals surface area contributed by atoms with Crippen molar-refractivity contribution in [2.24, 2.45) is 0 Å². The van der Waals surface area contributed by atoms with Gasteiger partial charge in [0.15, 0.2) is 5.69 Å². The van der Waals surface area contributed by atoms with Crippen LogP contribution in [0.25, 0.3) is 0 Å². The third kappa shape index (κ3) is 3.80. The van der Waals surface area contributed by atoms with Gasteiger partial charge in [0.2, 0.25) is 17.8 Å². The van der Waals surface area contributed by atoms with Gasteiger partial charge in [0, 0.05) is 12.5 Å². The lowest BCUT2D eigenvalue weighted by Gasteiger charge is -1.97. The molecule has 0 saturated heterocycles. The summed E-state index contributed by atoms with van der Waals surface area (Å²) in [4.78, 5) is 13.2. The van der Waals surface area contributed by atoms with Crippen LogP contribution in [0.5, 0.6) is 0 Å². The number of hydrogen-bond donors (Lipinski definition) is 0. The van der Waals surface area contributed by atoms with Crippen molar-refractivity contribution in [1.82, 2.24) is 0 Å². The van der Waals surface area contributed by atoms with Crippen molar-refractivity contribution >= 4 is 29.5 Å². The van der Waals surface area contributed by atoms with Crippen LogP contribution in [-0.4, -0.2) is 5.78 Å². The Morgan fingerprint density at radius 1 is 1.22 bits per heavy atom. The fraction of sp³-hybridized carbons (Fsp3) is 0.231. The van der Waals surface area contributed by atoms with Crippen molar-refractivity contribution in [2.75, 3.05) is 0 Å². The Morgan fingerprint density at radius 2 is 1.83 bits per heavy atom. The molecule has 5 heteroatoms. The van der Waals surface area contributed by atoms with Gasteiger partial charge in [0.1, 0.15) is 0 Å². The first kappa shape index (κ1) is 17.1. The Hall–Kier alpha value is -0.900. The number of ketones is 1. The number of carbonyl (C=O) groups is 1. The van der Waals surface area contributed by atoms with E-state index in [0.29, 0.717) is 6.54 Å². The summed E-state index contributed by atoms with van der Waals surface area (Å²) in [6, 6.07) is 9.42. The van der Waals surface area contributed by atoms with E-state index in [-0.39, 0.29) is 30.6 Å². The van der Waals surface area contributed by atoms with Crippen molar-refractivity contribution in [3.8, 4) is 0 Å². The first-order chi connectivity index (χ1) is 7.68. The van der Waals surface area contributed by atoms with Crippen LogP contribution < -0.4 is 17.0 Å². The molecule has 0 amide bonds. The maximum Gasteiger partial charge on any atom is 0.227 e. The minimum atomic E-state index is 0. The zero-order valence-electron chi connectivity index (χ0n) is 10.2. The van der Waals surface area contributed by atoms with E-state index in [1.807, 2.05) is 47.3 Å². The number of nitrogens with zero attached hydrogens (tertiary/aromatic N) is 1. The quantitative estimate of drug-likeness (QED) is 0.576. The Morgan fingerprint density at radius 3 is 2.33 bits per heavy atom. The van der Waals surface area contributed by atoms with Crippen LogP contribution in [0.15, 0.2) is 35.8 Å². The predicted molar refractivity (Wildman–Crippen MR) is 72.0 cm³/mol. The number of aromatic nitrogens is 1. The van der Waals surface area contributed by atoms with E-state index in [2.05, 4.69) is 6.92 Å². The molecule has 0 fully saturated rings. The highest BCUT2D eigenvalue weighted by atomic mass is 35.5. The molecule has 1 aromatic carbocycles. The molecular weight excluding hydrogens is 289 g/mol. The number of rotatable bonds is 3. The van der Waals surface area contributed by atoms with Crippen LogP contribution in [0.4, 0.5) is 0 Å². The molecule has 1 aromatic heterocycles. The minimum Gasteiger partial charge on any atom is -1.00 e. The van der Waals surface area contributed by atoms with Crippen molar-refractivity contribution in [2.45, 2.75) is 20.4 Å². The molecule has 18 heavy (non-hydrogen) atoms. The summed E-state index contributed by atoms with van der Waals surface area (Å²) in [7, 11) is 0. The number of thiazole rings is 1. The summed E-state index contributed by atoms with van der Waals surface area (Å²) in [5.41, 5.74) is 3.96. The number of aryl methyl sites for hydroxylation is 1. The number of Topliss-reactive ketones (excluding diaryl/α,β-unsaturated/α-hetero) is 1. The Labute approximate surface area is 123 Å². The molecule has 0 aliphatic rings. The SMILES string of the molecule is Cc1sc[n+](CC(=O)c2ccccc2)c1C.Cl.[Cl-]. The molecule has 0 saturated carbocycles. The van der Waals surface area contributed by atoms with Crippen molar-refractivity contribution in [1.29, 1.82) is 0 Å². The smallest absolute Gasteiger partial charge is 0.227 e. The summed E-state index contributed by atoms with van der Waals surface area (Å²) in [5.74, 6) is 0.159. The molecular formula is C13H15Cl2NOS. The second-order valence-corrected chi connectivity index (χ2v) is 4.84. The van der Waals surface area contributed by atoms with Gasteiger partial charge in [-0.2, -0.15) is 4.57 Å². The lowest BCUT2D eigenvalue weighted by Crippen LogP contribution is -3.00. The van der Waals surface area contributed by atoms with Gasteiger partial charge in [0.25, 0.3) is 0 Å². The van der Waals surface area contributed by atoms with Gasteiger partial charge in [-0.3, -0.25) is 4.79 Å². The first-order valence-electron chi connectivity index (χ1n) is 5.21. The van der Waals surface area contributed by atoms with Crippen molar-refractivity contribution in [3.63, 3.8) is 0 Å². The highest BCUT2D eigenvalue weighted by Crippen LogP contribution is 2.08. The lowest BCUT2D eigenvalue weighted by molar-refractivity contribution is -0.684. The third-order valence-electron chi connectivity index (χ3n) is 2.71. The van der Waals surface area contributed by atoms with E-state index in [9.17, 15) is 4.79 Å². The van der Waals surface area contributed by atoms with Crippen LogP contribution in [0.3, 0.4) is 0 Å². The normalized spacial score (nSPS) is 9.22. The van der Waals surface area contributed by atoms with Gasteiger partial charge in [-0.15, -0.1) is 12.4 Å². The maximum atomic E-state index is 12.0. The molecule has 0 aliphatic heterocycles. The summed E-state index contributed by atoms with van der Waals surface area (Å²) < 4.78 is 2.01. The Kier molecular flexibility index (Phi) is 7.14. The van der Waals surface area contributed by atoms with E-state index in [1.165, 1.54) is 10.6 Å². The molecule has 0 spiro atoms. The third-order valence-corrected chi connectivity index (χ3v) is 3.72. The summed E-state index contributed by atoms with van der Waals surface area (Å²) in [6.07, 6.45) is 0. The average molecular weight is 304 g/mol. The molecule has 0 radical (unpaired) electrons. The van der Waals surface area contributed by atoms with Crippen LogP contribution in [-0.2, 0) is 6.54 Å². The molecule has 0 unspecified atom stereocenters. The van der Waals surface area contributed by atoms with Gasteiger partial charge in [-0.1, -0.05) is 41.7 Å². The number of benzene rings is 1. The van der Waals surface area contributed by atoms with Crippen molar-refractivity contribution in [3.05, 3.63) is 52.0 Å². The number of halogens is 2. The van der Waals surface area contributed by atoms with Gasteiger partial charge in [-0.05, 0) is 6.92 Å².